The van der Waals surface area contributed by atoms with Gasteiger partial charge in [0.1, 0.15) is 62.2 Å². The van der Waals surface area contributed by atoms with Crippen LogP contribution in [0.1, 0.15) is 187 Å². The third-order valence-electron chi connectivity index (χ3n) is 20.4. The summed E-state index contributed by atoms with van der Waals surface area (Å²) in [6, 6.07) is 26.0. The van der Waals surface area contributed by atoms with Crippen molar-refractivity contribution in [1.29, 1.82) is 0 Å². The zero-order valence-corrected chi connectivity index (χ0v) is 88.5. The van der Waals surface area contributed by atoms with Gasteiger partial charge in [-0.3, -0.25) is 93.0 Å². The zero-order valence-electron chi connectivity index (χ0n) is 79.2. The molecular formula is C94H105Br2Cl4F3KLiN8O30. The molecule has 143 heavy (non-hydrogen) atoms. The second kappa shape index (κ2) is 66.9. The molecule has 0 saturated heterocycles. The fraction of sp³-hybridized carbons (Fsp3) is 0.415. The number of carbonyl (C=O) groups is 19. The van der Waals surface area contributed by atoms with E-state index in [-0.39, 0.29) is 271 Å². The van der Waals surface area contributed by atoms with Crippen LogP contribution in [0.15, 0.2) is 127 Å². The fourth-order valence-corrected chi connectivity index (χ4v) is 14.9. The van der Waals surface area contributed by atoms with Gasteiger partial charge in [-0.1, -0.05) is 115 Å². The Kier molecular flexibility index (Phi) is 60.4. The summed E-state index contributed by atoms with van der Waals surface area (Å²) in [7, 11) is 1.65. The number of amides is 8. The van der Waals surface area contributed by atoms with E-state index < -0.39 is 124 Å². The van der Waals surface area contributed by atoms with Crippen LogP contribution >= 0.6 is 78.3 Å². The minimum Gasteiger partial charge on any atom is -0.870 e. The molecule has 3 heterocycles. The van der Waals surface area contributed by atoms with Crippen molar-refractivity contribution in [3.8, 4) is 17.2 Å². The number of benzene rings is 6. The number of hydrazine groups is 1. The number of carboxylic acids is 1. The average Bonchev–Trinajstić information content (AvgIpc) is 1.61. The molecule has 9 N–H and O–H groups in total. The van der Waals surface area contributed by atoms with Crippen molar-refractivity contribution in [2.75, 3.05) is 66.5 Å². The van der Waals surface area contributed by atoms with Gasteiger partial charge in [-0.2, -0.15) is 0 Å². The zero-order chi connectivity index (χ0) is 104. The van der Waals surface area contributed by atoms with E-state index in [2.05, 4.69) is 59.1 Å². The standard InChI is InChI=1S/C26H24N2O8.C17H19ClFNO5.C15H15ClFNO5.C10H16Br2O4.C9H15NO3.C8H5Cl2FO2.C8H5NO2.CH6N2.K.Li.H2O/c1-3-35-25(33)19(27-21(29)15-9-5-6-10-16(15)22(27)30)13-14-20(26(34)36-4-2)28-23(31)17-11-7-8-12-18(17)24(28)32;1-2-24-17(23)10-3-6-14(15(21)7-10)20-16(22)9-25-11-4-5-12(18)13(19)8-11;16-10-3-2-9(6-11(10)17)23-7-14(20)18-12-4-1-8(15(21)22)5-13(12)19;1-3-15-9(13)7(11)5-6-8(12)10(14)16-4-2;1-2-13-9(12)6-3-4-7(10)8(11)5-6;9-6-2-1-5(3-7(6)11)13-4-8(10)12;10-7-5-3-1-2-4-6(5)8(11)9-7;1-3-2;;;/h5-12,19-20H,3-4,13-14H2,1-2H3;4-5,8,10,14H,2-3,6-7,9H2,1H3,(H,20,22);2-3,6,8,12H,1,4-5,7H2,(H,18,20)(H,21,22);7-8H,3-6H2,1-2H3;6-7H,2-5,10H2,1H3;1-3H,4H2;1-4H,(H,9,10,11);3H,2H2,1H3;;;1H2/q;;;;;;;;2*+1;/p-2. The van der Waals surface area contributed by atoms with E-state index in [1.807, 2.05) is 0 Å². The first-order valence-electron chi connectivity index (χ1n) is 43.6. The first kappa shape index (κ1) is 129. The van der Waals surface area contributed by atoms with Crippen molar-refractivity contribution in [3.05, 3.63) is 199 Å². The molecule has 3 saturated carbocycles. The van der Waals surface area contributed by atoms with Crippen molar-refractivity contribution in [3.63, 3.8) is 0 Å². The summed E-state index contributed by atoms with van der Waals surface area (Å²) in [6.45, 7) is 10.5. The Morgan fingerprint density at radius 3 is 1.02 bits per heavy atom. The van der Waals surface area contributed by atoms with Crippen LogP contribution < -0.4 is 112 Å². The number of aliphatic carboxylic acids is 1. The second-order valence-corrected chi connectivity index (χ2v) is 34.1. The molecule has 0 aromatic heterocycles. The van der Waals surface area contributed by atoms with Crippen molar-refractivity contribution < 1.29 is 228 Å². The van der Waals surface area contributed by atoms with Crippen LogP contribution in [0.4, 0.5) is 13.2 Å². The topological polar surface area (TPSA) is 566 Å². The molecule has 8 amide bonds. The maximum atomic E-state index is 13.3. The van der Waals surface area contributed by atoms with Gasteiger partial charge in [0.05, 0.1) is 125 Å². The maximum absolute atomic E-state index is 13.3. The molecule has 6 aliphatic rings. The minimum absolute atomic E-state index is 0. The van der Waals surface area contributed by atoms with Gasteiger partial charge in [0, 0.05) is 48.6 Å². The summed E-state index contributed by atoms with van der Waals surface area (Å²) in [5, 5.41) is 16.5. The van der Waals surface area contributed by atoms with Crippen LogP contribution in [0, 0.1) is 35.2 Å². The van der Waals surface area contributed by atoms with E-state index in [4.69, 9.17) is 99.9 Å². The minimum atomic E-state index is -1.37. The second-order valence-electron chi connectivity index (χ2n) is 30.2. The monoisotopic (exact) mass is 2230 g/mol. The van der Waals surface area contributed by atoms with Crippen LogP contribution in [0.2, 0.25) is 15.1 Å². The molecule has 49 heteroatoms. The number of fused-ring (bicyclic) bond motifs is 3. The Bertz CT molecular complexity index is 5230. The number of halogens is 9. The SMILES string of the molecule is CCOC(=O)C(Br)CCC(Br)C(=O)OCC.CCOC(=O)C(CCC(C(=O)OCC)N1C(=O)c2ccccc2C1=O)N1C(=O)c2ccccc2C1=O.CCOC(=O)C1CCC(N)C(=O)C1.CCOC(=O)C1CCC(NC(=O)COc2ccc(Cl)c(F)c2)C(=O)C1.CNN.O=C(COc1ccc(Cl)c(F)c1)NC1CCC(C(=O)O)CC1=O.O=C(Cl)COc1ccc(Cl)c(F)c1.O=C1[N-]C(=O)c2ccccc21.[K+].[Li+].[OH-]. The number of esters is 6. The summed E-state index contributed by atoms with van der Waals surface area (Å²) in [5.74, 6) is -7.19. The molecule has 3 aliphatic heterocycles. The molecular weight excluding hydrogens is 2130 g/mol. The maximum Gasteiger partial charge on any atom is 1.00 e. The third kappa shape index (κ3) is 41.5. The Morgan fingerprint density at radius 2 is 0.727 bits per heavy atom. The number of carbonyl (C=O) groups excluding carboxylic acids is 18. The van der Waals surface area contributed by atoms with Crippen molar-refractivity contribution in [2.45, 2.75) is 165 Å². The van der Waals surface area contributed by atoms with E-state index in [1.165, 1.54) is 60.7 Å². The van der Waals surface area contributed by atoms with Crippen LogP contribution in [0.25, 0.3) is 5.32 Å². The summed E-state index contributed by atoms with van der Waals surface area (Å²) in [4.78, 5) is 226. The van der Waals surface area contributed by atoms with Gasteiger partial charge >= 0.3 is 112 Å². The number of ketones is 3. The van der Waals surface area contributed by atoms with E-state index in [1.54, 1.807) is 97.1 Å². The summed E-state index contributed by atoms with van der Waals surface area (Å²) >= 11 is 28.0. The van der Waals surface area contributed by atoms with Gasteiger partial charge in [-0.25, -0.2) is 22.8 Å². The smallest absolute Gasteiger partial charge is 0.870 e. The number of nitrogens with one attached hydrogen (secondary N) is 3. The van der Waals surface area contributed by atoms with Crippen LogP contribution in [0.5, 0.6) is 17.2 Å². The molecule has 10 unspecified atom stereocenters. The Morgan fingerprint density at radius 1 is 0.441 bits per heavy atom. The van der Waals surface area contributed by atoms with E-state index in [0.717, 1.165) is 28.0 Å². The quantitative estimate of drug-likeness (QED) is 0.00421. The fourth-order valence-electron chi connectivity index (χ4n) is 13.7. The van der Waals surface area contributed by atoms with Crippen LogP contribution in [0.3, 0.4) is 0 Å². The number of Topliss-reactive ketones (excluding diaryl/α,β-unsaturated/α-hetero) is 3. The number of imide groups is 3. The average molecular weight is 2230 g/mol. The number of carboxylic acid groups (broad SMARTS) is 1. The molecule has 38 nitrogen and oxygen atoms in total. The molecule has 3 fully saturated rings. The molecule has 0 bridgehead atoms. The summed E-state index contributed by atoms with van der Waals surface area (Å²) in [5.41, 5.74) is 9.20. The molecule has 6 aromatic rings. The van der Waals surface area contributed by atoms with E-state index >= 15 is 0 Å². The number of hydrogen-bond acceptors (Lipinski definition) is 32. The van der Waals surface area contributed by atoms with Crippen molar-refractivity contribution in [1.82, 2.24) is 25.9 Å². The Balaban J connectivity index is 0.000000580. The third-order valence-corrected chi connectivity index (χ3v) is 23.1. The van der Waals surface area contributed by atoms with Gasteiger partial charge in [-0.15, -0.1) is 0 Å². The van der Waals surface area contributed by atoms with Crippen LogP contribution in [-0.2, 0) is 90.8 Å². The van der Waals surface area contributed by atoms with Crippen molar-refractivity contribution >= 4 is 190 Å². The molecule has 0 radical (unpaired) electrons. The van der Waals surface area contributed by atoms with Gasteiger partial charge in [0.25, 0.3) is 40.7 Å². The Hall–Kier alpha value is -9.97. The van der Waals surface area contributed by atoms with Gasteiger partial charge in [0.2, 0.25) is 0 Å². The van der Waals surface area contributed by atoms with Gasteiger partial charge < -0.3 is 84.5 Å². The molecule has 6 aromatic carbocycles. The van der Waals surface area contributed by atoms with Crippen molar-refractivity contribution in [2.24, 2.45) is 29.3 Å². The number of hydrogen-bond donors (Lipinski definition) is 6. The number of alkyl halides is 2. The normalized spacial score (nSPS) is 17.2. The van der Waals surface area contributed by atoms with Crippen LogP contribution in [-0.4, -0.2) is 238 Å². The number of ether oxygens (including phenoxy) is 9. The van der Waals surface area contributed by atoms with E-state index in [0.29, 0.717) is 75.9 Å². The Labute approximate surface area is 911 Å². The molecule has 10 atom stereocenters. The number of nitrogens with zero attached hydrogens (tertiary/aromatic N) is 3. The summed E-state index contributed by atoms with van der Waals surface area (Å²) in [6.07, 6.45) is 3.49. The largest absolute Gasteiger partial charge is 1.00 e. The molecule has 0 spiro atoms. The summed E-state index contributed by atoms with van der Waals surface area (Å²) < 4.78 is 84.1. The predicted octanol–water partition coefficient (Wildman–Crippen LogP) is 5.85. The first-order valence-corrected chi connectivity index (χ1v) is 47.0. The van der Waals surface area contributed by atoms with Gasteiger partial charge in [0.15, 0.2) is 31.4 Å². The molecule has 12 rings (SSSR count). The van der Waals surface area contributed by atoms with E-state index in [9.17, 15) is 104 Å². The molecule has 3 aliphatic carbocycles. The molecule has 766 valence electrons. The first-order chi connectivity index (χ1) is 66.5. The van der Waals surface area contributed by atoms with Gasteiger partial charge in [-0.05, 0) is 185 Å². The number of nitrogens with two attached hydrogens (primary N) is 2. The predicted molar refractivity (Wildman–Crippen MR) is 507 cm³/mol. The number of rotatable bonds is 32.